The van der Waals surface area contributed by atoms with Gasteiger partial charge < -0.3 is 5.73 Å². The van der Waals surface area contributed by atoms with E-state index in [0.29, 0.717) is 11.3 Å². The first kappa shape index (κ1) is 10.5. The number of rotatable bonds is 0. The zero-order valence-corrected chi connectivity index (χ0v) is 7.76. The molecule has 0 aliphatic carbocycles. The smallest absolute Gasteiger partial charge is 0.101 e. The van der Waals surface area contributed by atoms with Crippen LogP contribution in [0.25, 0.3) is 0 Å². The predicted molar refractivity (Wildman–Crippen MR) is 51.7 cm³/mol. The molecule has 1 rings (SSSR count). The molecule has 0 bridgehead atoms. The maximum Gasteiger partial charge on any atom is 0.101 e. The van der Waals surface area contributed by atoms with Gasteiger partial charge in [0.1, 0.15) is 6.07 Å². The normalized spacial score (nSPS) is 7.83. The summed E-state index contributed by atoms with van der Waals surface area (Å²) < 4.78 is 0. The van der Waals surface area contributed by atoms with Crippen LogP contribution in [-0.4, -0.2) is 0 Å². The van der Waals surface area contributed by atoms with Crippen LogP contribution in [0.5, 0.6) is 0 Å². The van der Waals surface area contributed by atoms with E-state index in [1.807, 2.05) is 39.0 Å². The molecule has 2 nitrogen and oxygen atoms in total. The van der Waals surface area contributed by atoms with Crippen LogP contribution in [0.4, 0.5) is 5.69 Å². The SMILES string of the molecule is CC.Cc1cccc(C#N)c1N. The number of hydrogen-bond donors (Lipinski definition) is 1. The molecule has 0 aliphatic heterocycles. The van der Waals surface area contributed by atoms with E-state index >= 15 is 0 Å². The summed E-state index contributed by atoms with van der Waals surface area (Å²) in [6.45, 7) is 5.89. The fourth-order valence-corrected chi connectivity index (χ4v) is 0.778. The number of aryl methyl sites for hydroxylation is 1. The summed E-state index contributed by atoms with van der Waals surface area (Å²) >= 11 is 0. The van der Waals surface area contributed by atoms with Gasteiger partial charge in [0.25, 0.3) is 0 Å². The predicted octanol–water partition coefficient (Wildman–Crippen LogP) is 2.48. The molecule has 2 heteroatoms. The van der Waals surface area contributed by atoms with Crippen molar-refractivity contribution < 1.29 is 0 Å². The third-order valence-electron chi connectivity index (χ3n) is 1.44. The van der Waals surface area contributed by atoms with Crippen LogP contribution in [0.1, 0.15) is 25.0 Å². The zero-order chi connectivity index (χ0) is 9.56. The van der Waals surface area contributed by atoms with Crippen LogP contribution in [0, 0.1) is 18.3 Å². The van der Waals surface area contributed by atoms with Crippen molar-refractivity contribution in [1.82, 2.24) is 0 Å². The Hall–Kier alpha value is -1.49. The quantitative estimate of drug-likeness (QED) is 0.596. The van der Waals surface area contributed by atoms with E-state index in [4.69, 9.17) is 11.0 Å². The van der Waals surface area contributed by atoms with Crippen molar-refractivity contribution in [2.24, 2.45) is 0 Å². The molecule has 0 amide bonds. The Morgan fingerprint density at radius 3 is 2.33 bits per heavy atom. The van der Waals surface area contributed by atoms with E-state index in [1.165, 1.54) is 0 Å². The van der Waals surface area contributed by atoms with Gasteiger partial charge in [0.15, 0.2) is 0 Å². The monoisotopic (exact) mass is 162 g/mol. The van der Waals surface area contributed by atoms with Crippen molar-refractivity contribution in [2.75, 3.05) is 5.73 Å². The summed E-state index contributed by atoms with van der Waals surface area (Å²) in [7, 11) is 0. The lowest BCUT2D eigenvalue weighted by atomic mass is 10.1. The van der Waals surface area contributed by atoms with E-state index < -0.39 is 0 Å². The van der Waals surface area contributed by atoms with Gasteiger partial charge >= 0.3 is 0 Å². The maximum atomic E-state index is 8.51. The highest BCUT2D eigenvalue weighted by Crippen LogP contribution is 2.14. The lowest BCUT2D eigenvalue weighted by Gasteiger charge is -1.98. The molecule has 64 valence electrons. The van der Waals surface area contributed by atoms with Crippen LogP contribution in [0.3, 0.4) is 0 Å². The lowest BCUT2D eigenvalue weighted by molar-refractivity contribution is 1.42. The van der Waals surface area contributed by atoms with E-state index in [1.54, 1.807) is 6.07 Å². The Bertz CT molecular complexity index is 284. The average molecular weight is 162 g/mol. The molecule has 0 atom stereocenters. The van der Waals surface area contributed by atoms with Gasteiger partial charge in [-0.05, 0) is 18.6 Å². The number of nitrogens with zero attached hydrogens (tertiary/aromatic N) is 1. The minimum absolute atomic E-state index is 0.556. The first-order valence-electron chi connectivity index (χ1n) is 4.01. The Kier molecular flexibility index (Phi) is 4.55. The van der Waals surface area contributed by atoms with E-state index in [0.717, 1.165) is 5.56 Å². The molecular formula is C10H14N2. The van der Waals surface area contributed by atoms with Crippen LogP contribution >= 0.6 is 0 Å². The van der Waals surface area contributed by atoms with E-state index in [9.17, 15) is 0 Å². The number of benzene rings is 1. The van der Waals surface area contributed by atoms with Gasteiger partial charge in [0, 0.05) is 0 Å². The van der Waals surface area contributed by atoms with Crippen molar-refractivity contribution in [3.05, 3.63) is 29.3 Å². The molecular weight excluding hydrogens is 148 g/mol. The van der Waals surface area contributed by atoms with Gasteiger partial charge in [-0.1, -0.05) is 26.0 Å². The summed E-state index contributed by atoms with van der Waals surface area (Å²) in [5, 5.41) is 8.51. The second kappa shape index (κ2) is 5.20. The minimum atomic E-state index is 0.556. The Morgan fingerprint density at radius 2 is 1.92 bits per heavy atom. The third kappa shape index (κ3) is 2.28. The van der Waals surface area contributed by atoms with Crippen LogP contribution in [-0.2, 0) is 0 Å². The molecule has 0 spiro atoms. The Morgan fingerprint density at radius 1 is 1.33 bits per heavy atom. The molecule has 0 saturated carbocycles. The van der Waals surface area contributed by atoms with Gasteiger partial charge in [-0.15, -0.1) is 0 Å². The topological polar surface area (TPSA) is 49.8 Å². The fraction of sp³-hybridized carbons (Fsp3) is 0.300. The summed E-state index contributed by atoms with van der Waals surface area (Å²) in [5.74, 6) is 0. The van der Waals surface area contributed by atoms with Crippen molar-refractivity contribution in [1.29, 1.82) is 5.26 Å². The standard InChI is InChI=1S/C8H8N2.C2H6/c1-6-3-2-4-7(5-9)8(6)10;1-2/h2-4H,10H2,1H3;1-2H3. The van der Waals surface area contributed by atoms with E-state index in [-0.39, 0.29) is 0 Å². The molecule has 0 heterocycles. The Labute approximate surface area is 73.6 Å². The third-order valence-corrected chi connectivity index (χ3v) is 1.44. The molecule has 12 heavy (non-hydrogen) atoms. The van der Waals surface area contributed by atoms with Crippen molar-refractivity contribution in [3.63, 3.8) is 0 Å². The summed E-state index contributed by atoms with van der Waals surface area (Å²) in [6.07, 6.45) is 0. The van der Waals surface area contributed by atoms with Crippen LogP contribution < -0.4 is 5.73 Å². The number of nitrogen functional groups attached to an aromatic ring is 1. The average Bonchev–Trinajstić information content (AvgIpc) is 2.13. The van der Waals surface area contributed by atoms with Gasteiger partial charge in [-0.3, -0.25) is 0 Å². The Balaban J connectivity index is 0.000000561. The van der Waals surface area contributed by atoms with E-state index in [2.05, 4.69) is 0 Å². The largest absolute Gasteiger partial charge is 0.397 e. The first-order chi connectivity index (χ1) is 5.75. The van der Waals surface area contributed by atoms with Crippen LogP contribution in [0.2, 0.25) is 0 Å². The highest BCUT2D eigenvalue weighted by Gasteiger charge is 1.97. The summed E-state index contributed by atoms with van der Waals surface area (Å²) in [6, 6.07) is 7.43. The van der Waals surface area contributed by atoms with Gasteiger partial charge in [0.05, 0.1) is 11.3 Å². The molecule has 0 aromatic heterocycles. The molecule has 0 fully saturated rings. The van der Waals surface area contributed by atoms with Gasteiger partial charge in [-0.25, -0.2) is 0 Å². The molecule has 0 aliphatic rings. The summed E-state index contributed by atoms with van der Waals surface area (Å²) in [5.41, 5.74) is 7.67. The summed E-state index contributed by atoms with van der Waals surface area (Å²) in [4.78, 5) is 0. The molecule has 0 unspecified atom stereocenters. The van der Waals surface area contributed by atoms with Crippen molar-refractivity contribution in [3.8, 4) is 6.07 Å². The van der Waals surface area contributed by atoms with Gasteiger partial charge in [0.2, 0.25) is 0 Å². The number of para-hydroxylation sites is 1. The highest BCUT2D eigenvalue weighted by atomic mass is 14.6. The number of hydrogen-bond acceptors (Lipinski definition) is 2. The maximum absolute atomic E-state index is 8.51. The van der Waals surface area contributed by atoms with Crippen molar-refractivity contribution >= 4 is 5.69 Å². The molecule has 0 radical (unpaired) electrons. The molecule has 1 aromatic carbocycles. The van der Waals surface area contributed by atoms with Crippen molar-refractivity contribution in [2.45, 2.75) is 20.8 Å². The zero-order valence-electron chi connectivity index (χ0n) is 7.76. The lowest BCUT2D eigenvalue weighted by Crippen LogP contribution is -1.92. The second-order valence-electron chi connectivity index (χ2n) is 2.15. The fourth-order valence-electron chi connectivity index (χ4n) is 0.778. The highest BCUT2D eigenvalue weighted by molar-refractivity contribution is 5.58. The van der Waals surface area contributed by atoms with Gasteiger partial charge in [-0.2, -0.15) is 5.26 Å². The molecule has 0 saturated heterocycles. The van der Waals surface area contributed by atoms with Crippen LogP contribution in [0.15, 0.2) is 18.2 Å². The minimum Gasteiger partial charge on any atom is -0.397 e. The number of nitriles is 1. The molecule has 2 N–H and O–H groups in total. The molecule has 1 aromatic rings. The second-order valence-corrected chi connectivity index (χ2v) is 2.15. The number of nitrogens with two attached hydrogens (primary N) is 1. The first-order valence-corrected chi connectivity index (χ1v) is 4.01. The number of anilines is 1.